The summed E-state index contributed by atoms with van der Waals surface area (Å²) in [5.41, 5.74) is 3.45. The first-order chi connectivity index (χ1) is 14.2. The second kappa shape index (κ2) is 8.84. The van der Waals surface area contributed by atoms with E-state index < -0.39 is 0 Å². The zero-order valence-corrected chi connectivity index (χ0v) is 18.8. The molecule has 29 heavy (non-hydrogen) atoms. The van der Waals surface area contributed by atoms with Gasteiger partial charge in [-0.05, 0) is 78.5 Å². The second-order valence-electron chi connectivity index (χ2n) is 7.37. The van der Waals surface area contributed by atoms with E-state index in [9.17, 15) is 0 Å². The average molecular weight is 462 g/mol. The van der Waals surface area contributed by atoms with Crippen LogP contribution in [-0.4, -0.2) is 26.9 Å². The van der Waals surface area contributed by atoms with Gasteiger partial charge in [0.05, 0.1) is 36.9 Å². The number of hydrogen-bond acceptors (Lipinski definition) is 5. The number of fused-ring (bicyclic) bond motifs is 3. The number of nitrogens with one attached hydrogen (secondary N) is 1. The molecule has 0 spiro atoms. The van der Waals surface area contributed by atoms with Crippen LogP contribution >= 0.6 is 15.9 Å². The Morgan fingerprint density at radius 1 is 1.14 bits per heavy atom. The molecule has 3 atom stereocenters. The van der Waals surface area contributed by atoms with Crippen molar-refractivity contribution in [1.29, 1.82) is 0 Å². The smallest absolute Gasteiger partial charge is 0.175 e. The van der Waals surface area contributed by atoms with Crippen molar-refractivity contribution in [2.24, 2.45) is 5.92 Å². The first kappa shape index (κ1) is 20.4. The molecule has 156 valence electrons. The van der Waals surface area contributed by atoms with Gasteiger partial charge in [-0.1, -0.05) is 0 Å². The molecular formula is C23H28BrNO4. The third-order valence-corrected chi connectivity index (χ3v) is 6.24. The third kappa shape index (κ3) is 3.92. The molecule has 2 aliphatic rings. The van der Waals surface area contributed by atoms with Gasteiger partial charge in [-0.2, -0.15) is 0 Å². The van der Waals surface area contributed by atoms with Crippen LogP contribution in [0.25, 0.3) is 0 Å². The normalized spacial score (nSPS) is 22.8. The molecule has 0 bridgehead atoms. The molecule has 2 aromatic carbocycles. The number of hydrogen-bond donors (Lipinski definition) is 1. The minimum Gasteiger partial charge on any atom is -0.497 e. The molecule has 4 rings (SSSR count). The quantitative estimate of drug-likeness (QED) is 0.580. The van der Waals surface area contributed by atoms with Gasteiger partial charge >= 0.3 is 0 Å². The van der Waals surface area contributed by atoms with Crippen LogP contribution in [0.5, 0.6) is 17.2 Å². The summed E-state index contributed by atoms with van der Waals surface area (Å²) in [6.07, 6.45) is 2.23. The van der Waals surface area contributed by atoms with Crippen molar-refractivity contribution in [3.63, 3.8) is 0 Å². The fourth-order valence-corrected chi connectivity index (χ4v) is 4.99. The molecular weight excluding hydrogens is 434 g/mol. The summed E-state index contributed by atoms with van der Waals surface area (Å²) in [6, 6.07) is 10.6. The lowest BCUT2D eigenvalue weighted by Crippen LogP contribution is -2.36. The van der Waals surface area contributed by atoms with Gasteiger partial charge in [-0.15, -0.1) is 0 Å². The molecule has 0 saturated carbocycles. The summed E-state index contributed by atoms with van der Waals surface area (Å²) < 4.78 is 24.4. The van der Waals surface area contributed by atoms with Crippen LogP contribution in [0, 0.1) is 5.92 Å². The topological polar surface area (TPSA) is 49.0 Å². The Morgan fingerprint density at radius 3 is 2.72 bits per heavy atom. The van der Waals surface area contributed by atoms with E-state index in [1.165, 1.54) is 11.1 Å². The number of methoxy groups -OCH3 is 1. The van der Waals surface area contributed by atoms with E-state index in [0.29, 0.717) is 19.1 Å². The maximum atomic E-state index is 6.27. The monoisotopic (exact) mass is 461 g/mol. The SMILES string of the molecule is CCOc1cc([C@H]2Nc3ccc(OC)cc3[C@H]3OCCC[C@@H]23)cc(Br)c1OCC. The highest BCUT2D eigenvalue weighted by Crippen LogP contribution is 2.51. The van der Waals surface area contributed by atoms with E-state index in [1.54, 1.807) is 7.11 Å². The lowest BCUT2D eigenvalue weighted by atomic mass is 9.77. The summed E-state index contributed by atoms with van der Waals surface area (Å²) in [5.74, 6) is 2.73. The maximum Gasteiger partial charge on any atom is 0.175 e. The summed E-state index contributed by atoms with van der Waals surface area (Å²) in [4.78, 5) is 0. The molecule has 0 aromatic heterocycles. The van der Waals surface area contributed by atoms with Gasteiger partial charge in [-0.25, -0.2) is 0 Å². The highest BCUT2D eigenvalue weighted by atomic mass is 79.9. The van der Waals surface area contributed by atoms with E-state index in [-0.39, 0.29) is 12.1 Å². The third-order valence-electron chi connectivity index (χ3n) is 5.65. The van der Waals surface area contributed by atoms with Crippen molar-refractivity contribution < 1.29 is 18.9 Å². The Morgan fingerprint density at radius 2 is 1.97 bits per heavy atom. The standard InChI is InChI=1S/C23H28BrNO4/c1-4-27-20-12-14(11-18(24)23(20)28-5-2)21-16-7-6-10-29-22(16)17-13-15(26-3)8-9-19(17)25-21/h8-9,11-13,16,21-22,25H,4-7,10H2,1-3H3/t16-,21+,22-/m0/s1. The van der Waals surface area contributed by atoms with Crippen LogP contribution in [0.2, 0.25) is 0 Å². The van der Waals surface area contributed by atoms with Crippen molar-refractivity contribution in [3.8, 4) is 17.2 Å². The lowest BCUT2D eigenvalue weighted by Gasteiger charge is -2.43. The Labute approximate surface area is 180 Å². The van der Waals surface area contributed by atoms with Crippen molar-refractivity contribution in [2.75, 3.05) is 32.2 Å². The number of ether oxygens (including phenoxy) is 4. The number of halogens is 1. The minimum atomic E-state index is 0.0565. The maximum absolute atomic E-state index is 6.27. The summed E-state index contributed by atoms with van der Waals surface area (Å²) >= 11 is 3.69. The van der Waals surface area contributed by atoms with Gasteiger partial charge in [0, 0.05) is 23.8 Å². The van der Waals surface area contributed by atoms with E-state index in [2.05, 4.69) is 45.5 Å². The highest BCUT2D eigenvalue weighted by molar-refractivity contribution is 9.10. The molecule has 1 N–H and O–H groups in total. The Kier molecular flexibility index (Phi) is 6.20. The van der Waals surface area contributed by atoms with Crippen molar-refractivity contribution in [3.05, 3.63) is 45.9 Å². The first-order valence-electron chi connectivity index (χ1n) is 10.3. The molecule has 2 aliphatic heterocycles. The van der Waals surface area contributed by atoms with E-state index in [1.807, 2.05) is 19.9 Å². The van der Waals surface area contributed by atoms with Gasteiger partial charge in [0.2, 0.25) is 0 Å². The molecule has 2 aromatic rings. The van der Waals surface area contributed by atoms with Gasteiger partial charge in [-0.3, -0.25) is 0 Å². The Balaban J connectivity index is 1.76. The van der Waals surface area contributed by atoms with E-state index in [4.69, 9.17) is 18.9 Å². The molecule has 0 radical (unpaired) electrons. The fraction of sp³-hybridized carbons (Fsp3) is 0.478. The molecule has 0 amide bonds. The minimum absolute atomic E-state index is 0.0565. The zero-order chi connectivity index (χ0) is 20.4. The first-order valence-corrected chi connectivity index (χ1v) is 11.1. The molecule has 0 unspecified atom stereocenters. The Bertz CT molecular complexity index is 872. The number of rotatable bonds is 6. The van der Waals surface area contributed by atoms with Crippen LogP contribution < -0.4 is 19.5 Å². The predicted octanol–water partition coefficient (Wildman–Crippen LogP) is 5.89. The molecule has 1 saturated heterocycles. The van der Waals surface area contributed by atoms with Crippen LogP contribution in [-0.2, 0) is 4.74 Å². The fourth-order valence-electron chi connectivity index (χ4n) is 4.42. The molecule has 1 fully saturated rings. The predicted molar refractivity (Wildman–Crippen MR) is 117 cm³/mol. The van der Waals surface area contributed by atoms with E-state index >= 15 is 0 Å². The van der Waals surface area contributed by atoms with Crippen LogP contribution in [0.1, 0.15) is 50.0 Å². The van der Waals surface area contributed by atoms with Gasteiger partial charge < -0.3 is 24.3 Å². The van der Waals surface area contributed by atoms with Gasteiger partial charge in [0.25, 0.3) is 0 Å². The molecule has 5 nitrogen and oxygen atoms in total. The van der Waals surface area contributed by atoms with Crippen LogP contribution in [0.15, 0.2) is 34.8 Å². The summed E-state index contributed by atoms with van der Waals surface area (Å²) in [6.45, 7) is 5.94. The summed E-state index contributed by atoms with van der Waals surface area (Å²) in [7, 11) is 1.70. The van der Waals surface area contributed by atoms with Gasteiger partial charge in [0.15, 0.2) is 11.5 Å². The van der Waals surface area contributed by atoms with E-state index in [0.717, 1.165) is 46.9 Å². The average Bonchev–Trinajstić information content (AvgIpc) is 2.75. The molecule has 0 aliphatic carbocycles. The van der Waals surface area contributed by atoms with Crippen molar-refractivity contribution >= 4 is 21.6 Å². The zero-order valence-electron chi connectivity index (χ0n) is 17.2. The Hall–Kier alpha value is -1.92. The number of anilines is 1. The van der Waals surface area contributed by atoms with Crippen molar-refractivity contribution in [2.45, 2.75) is 38.8 Å². The largest absolute Gasteiger partial charge is 0.497 e. The van der Waals surface area contributed by atoms with Crippen LogP contribution in [0.4, 0.5) is 5.69 Å². The number of benzene rings is 2. The van der Waals surface area contributed by atoms with Gasteiger partial charge in [0.1, 0.15) is 5.75 Å². The second-order valence-corrected chi connectivity index (χ2v) is 8.22. The molecule has 2 heterocycles. The lowest BCUT2D eigenvalue weighted by molar-refractivity contribution is -0.0382. The van der Waals surface area contributed by atoms with Crippen LogP contribution in [0.3, 0.4) is 0 Å². The van der Waals surface area contributed by atoms with Crippen molar-refractivity contribution in [1.82, 2.24) is 0 Å². The summed E-state index contributed by atoms with van der Waals surface area (Å²) in [5, 5.41) is 3.76. The highest BCUT2D eigenvalue weighted by Gasteiger charge is 2.40. The molecule has 6 heteroatoms.